The maximum atomic E-state index is 14.1. The number of pyridine rings is 2. The van der Waals surface area contributed by atoms with Crippen LogP contribution in [0.25, 0.3) is 11.3 Å². The molecular formula is C58H75N13O5. The van der Waals surface area contributed by atoms with Crippen molar-refractivity contribution >= 4 is 52.0 Å². The van der Waals surface area contributed by atoms with Gasteiger partial charge < -0.3 is 44.3 Å². The molecule has 11 rings (SSSR count). The molecule has 1 aromatic carbocycles. The van der Waals surface area contributed by atoms with Crippen molar-refractivity contribution in [1.29, 1.82) is 0 Å². The predicted octanol–water partition coefficient (Wildman–Crippen LogP) is 6.44. The number of hydrogen-bond donors (Lipinski definition) is 3. The van der Waals surface area contributed by atoms with Gasteiger partial charge in [-0.1, -0.05) is 20.4 Å². The molecule has 6 aliphatic rings. The molecule has 4 fully saturated rings. The van der Waals surface area contributed by atoms with Crippen LogP contribution in [0.15, 0.2) is 78.5 Å². The molecule has 3 N–H and O–H groups in total. The number of benzene rings is 1. The highest BCUT2D eigenvalue weighted by molar-refractivity contribution is 6.06. The maximum Gasteiger partial charge on any atom is 0.293 e. The van der Waals surface area contributed by atoms with Crippen LogP contribution in [-0.2, 0) is 42.6 Å². The fraction of sp³-hybridized carbons (Fsp3) is 0.517. The SMILES string of the molecule is C=CC(=O)Nc1cc(Nc2nc(-c3ccnc(N4CCn5c(cc6c5CC(C)(C)C6)C4=O)c3CO)cn(C)c2=O)ccc1N1CCN(C2CCN(c3ccnc(N4CCN(C5CCOCC5)C[C@@H]4C)c3)[C@H](C)C2)C[C@@H]1C. The molecule has 9 heterocycles. The molecule has 76 heavy (non-hydrogen) atoms. The highest BCUT2D eigenvalue weighted by Gasteiger charge is 2.39. The van der Waals surface area contributed by atoms with Crippen LogP contribution < -0.4 is 35.8 Å². The van der Waals surface area contributed by atoms with Gasteiger partial charge in [-0.25, -0.2) is 15.0 Å². The number of piperazine rings is 2. The van der Waals surface area contributed by atoms with E-state index in [9.17, 15) is 19.5 Å². The summed E-state index contributed by atoms with van der Waals surface area (Å²) < 4.78 is 9.24. The number of aryl methyl sites for hydroxylation is 1. The van der Waals surface area contributed by atoms with Crippen LogP contribution in [0, 0.1) is 5.41 Å². The van der Waals surface area contributed by atoms with E-state index in [1.54, 1.807) is 30.4 Å². The minimum atomic E-state index is -0.400. The first kappa shape index (κ1) is 51.5. The Hall–Kier alpha value is -6.60. The van der Waals surface area contributed by atoms with E-state index >= 15 is 0 Å². The number of carbonyl (C=O) groups excluding carboxylic acids is 2. The molecule has 0 spiro atoms. The van der Waals surface area contributed by atoms with Crippen molar-refractivity contribution in [3.8, 4) is 11.3 Å². The largest absolute Gasteiger partial charge is 0.392 e. The lowest BCUT2D eigenvalue weighted by Crippen LogP contribution is -2.58. The fourth-order valence-corrected chi connectivity index (χ4v) is 13.3. The van der Waals surface area contributed by atoms with Gasteiger partial charge in [0, 0.05) is 162 Å². The number of fused-ring (bicyclic) bond motifs is 3. The highest BCUT2D eigenvalue weighted by atomic mass is 16.5. The number of amides is 2. The summed E-state index contributed by atoms with van der Waals surface area (Å²) in [5.41, 5.74) is 7.57. The van der Waals surface area contributed by atoms with Crippen LogP contribution in [-0.4, -0.2) is 147 Å². The summed E-state index contributed by atoms with van der Waals surface area (Å²) in [6, 6.07) is 16.0. The maximum absolute atomic E-state index is 14.1. The number of aromatic nitrogens is 5. The topological polar surface area (TPSA) is 173 Å². The molecule has 0 bridgehead atoms. The van der Waals surface area contributed by atoms with Crippen molar-refractivity contribution in [2.45, 2.75) is 117 Å². The second-order valence-electron chi connectivity index (χ2n) is 22.9. The van der Waals surface area contributed by atoms with Crippen LogP contribution in [0.4, 0.5) is 40.2 Å². The first-order chi connectivity index (χ1) is 36.7. The summed E-state index contributed by atoms with van der Waals surface area (Å²) in [5.74, 6) is 0.995. The third kappa shape index (κ3) is 10.00. The van der Waals surface area contributed by atoms with Gasteiger partial charge in [0.15, 0.2) is 5.82 Å². The number of nitrogens with zero attached hydrogens (tertiary/aromatic N) is 11. The predicted molar refractivity (Wildman–Crippen MR) is 299 cm³/mol. The van der Waals surface area contributed by atoms with Crippen LogP contribution in [0.5, 0.6) is 0 Å². The van der Waals surface area contributed by atoms with Gasteiger partial charge in [-0.3, -0.25) is 29.1 Å². The smallest absolute Gasteiger partial charge is 0.293 e. The van der Waals surface area contributed by atoms with Crippen molar-refractivity contribution < 1.29 is 19.4 Å². The molecule has 0 radical (unpaired) electrons. The van der Waals surface area contributed by atoms with Crippen molar-refractivity contribution in [3.05, 3.63) is 107 Å². The molecule has 1 aliphatic carbocycles. The summed E-state index contributed by atoms with van der Waals surface area (Å²) in [5, 5.41) is 17.2. The molecule has 4 atom stereocenters. The quantitative estimate of drug-likeness (QED) is 0.117. The Morgan fingerprint density at radius 1 is 0.842 bits per heavy atom. The number of nitrogens with one attached hydrogen (secondary N) is 2. The third-order valence-electron chi connectivity index (χ3n) is 17.2. The van der Waals surface area contributed by atoms with Crippen LogP contribution in [0.3, 0.4) is 0 Å². The van der Waals surface area contributed by atoms with E-state index in [2.05, 4.69) is 98.0 Å². The molecule has 18 heteroatoms. The molecule has 5 aliphatic heterocycles. The fourth-order valence-electron chi connectivity index (χ4n) is 13.3. The normalized spacial score (nSPS) is 23.4. The van der Waals surface area contributed by atoms with E-state index in [0.717, 1.165) is 109 Å². The highest BCUT2D eigenvalue weighted by Crippen LogP contribution is 2.41. The summed E-state index contributed by atoms with van der Waals surface area (Å²) in [4.78, 5) is 69.6. The molecule has 402 valence electrons. The van der Waals surface area contributed by atoms with E-state index in [-0.39, 0.29) is 34.6 Å². The number of aliphatic hydroxyl groups excluding tert-OH is 1. The lowest BCUT2D eigenvalue weighted by molar-refractivity contribution is -0.111. The van der Waals surface area contributed by atoms with E-state index in [4.69, 9.17) is 14.7 Å². The first-order valence-electron chi connectivity index (χ1n) is 27.5. The lowest BCUT2D eigenvalue weighted by atomic mass is 9.90. The van der Waals surface area contributed by atoms with Gasteiger partial charge in [-0.05, 0) is 113 Å². The van der Waals surface area contributed by atoms with Crippen LogP contribution in [0.2, 0.25) is 0 Å². The second-order valence-corrected chi connectivity index (χ2v) is 22.9. The number of piperidine rings is 1. The zero-order valence-corrected chi connectivity index (χ0v) is 45.2. The summed E-state index contributed by atoms with van der Waals surface area (Å²) in [6.07, 6.45) is 12.7. The Labute approximate surface area is 446 Å². The zero-order valence-electron chi connectivity index (χ0n) is 45.2. The van der Waals surface area contributed by atoms with E-state index in [1.807, 2.05) is 30.5 Å². The molecule has 1 unspecified atom stereocenters. The molecular weight excluding hydrogens is 959 g/mol. The summed E-state index contributed by atoms with van der Waals surface area (Å²) in [6.45, 7) is 24.2. The number of anilines is 7. The van der Waals surface area contributed by atoms with E-state index in [0.29, 0.717) is 77.0 Å². The van der Waals surface area contributed by atoms with Gasteiger partial charge in [0.05, 0.1) is 23.7 Å². The Morgan fingerprint density at radius 3 is 2.33 bits per heavy atom. The van der Waals surface area contributed by atoms with Crippen molar-refractivity contribution in [1.82, 2.24) is 33.9 Å². The van der Waals surface area contributed by atoms with Gasteiger partial charge >= 0.3 is 0 Å². The number of ether oxygens (including phenoxy) is 1. The average molecular weight is 1030 g/mol. The van der Waals surface area contributed by atoms with Crippen molar-refractivity contribution in [2.24, 2.45) is 12.5 Å². The van der Waals surface area contributed by atoms with E-state index < -0.39 is 6.61 Å². The summed E-state index contributed by atoms with van der Waals surface area (Å²) >= 11 is 0. The second kappa shape index (κ2) is 21.1. The van der Waals surface area contributed by atoms with Gasteiger partial charge in [-0.15, -0.1) is 0 Å². The Morgan fingerprint density at radius 2 is 1.59 bits per heavy atom. The number of rotatable bonds is 12. The number of aliphatic hydroxyl groups is 1. The molecule has 2 amide bonds. The number of hydrogen-bond acceptors (Lipinski definition) is 14. The monoisotopic (exact) mass is 1030 g/mol. The third-order valence-corrected chi connectivity index (χ3v) is 17.2. The van der Waals surface area contributed by atoms with Gasteiger partial charge in [0.1, 0.15) is 17.3 Å². The Balaban J connectivity index is 0.759. The first-order valence-corrected chi connectivity index (χ1v) is 27.5. The Kier molecular flexibility index (Phi) is 14.3. The lowest BCUT2D eigenvalue weighted by Gasteiger charge is -2.48. The molecule has 0 saturated carbocycles. The molecule has 4 saturated heterocycles. The van der Waals surface area contributed by atoms with Gasteiger partial charge in [-0.2, -0.15) is 0 Å². The van der Waals surface area contributed by atoms with Crippen LogP contribution in [0.1, 0.15) is 87.6 Å². The van der Waals surface area contributed by atoms with E-state index in [1.165, 1.54) is 27.6 Å². The molecule has 4 aromatic heterocycles. The van der Waals surface area contributed by atoms with Gasteiger partial charge in [0.2, 0.25) is 5.91 Å². The Bertz CT molecular complexity index is 3070. The van der Waals surface area contributed by atoms with Crippen molar-refractivity contribution in [2.75, 3.05) is 95.8 Å². The average Bonchev–Trinajstić information content (AvgIpc) is 3.98. The minimum absolute atomic E-state index is 0.0567. The standard InChI is InChI=1S/C58H75N13O5/c1-8-53(73)62-47-29-41(61-54-57(75)64(7)35-48(63-54)45-12-17-60-55(46(45)36-72)71-24-23-70-50(56(71)74)28-40-31-58(5,6)32-51(40)70)9-10-49(47)68-21-19-66(33-38(68)3)43-13-18-67(37(2)27-43)44-11-16-59-52(30-44)69-22-20-65(34-39(69)4)42-14-25-76-26-15-42/h8-12,16-17,28-30,35,37-39,42-43,72H,1,13-15,18-27,31-34,36H2,2-7H3,(H,61,63)(H,62,73)/t37-,38+,39+,43?/m1/s1. The van der Waals surface area contributed by atoms with Crippen molar-refractivity contribution in [3.63, 3.8) is 0 Å². The number of carbonyl (C=O) groups is 2. The van der Waals surface area contributed by atoms with Crippen LogP contribution >= 0.6 is 0 Å². The zero-order chi connectivity index (χ0) is 53.0. The van der Waals surface area contributed by atoms with Gasteiger partial charge in [0.25, 0.3) is 11.5 Å². The molecule has 18 nitrogen and oxygen atoms in total. The summed E-state index contributed by atoms with van der Waals surface area (Å²) in [7, 11) is 1.65. The molecule has 5 aromatic rings. The minimum Gasteiger partial charge on any atom is -0.392 e.